The van der Waals surface area contributed by atoms with Crippen LogP contribution in [-0.4, -0.2) is 11.9 Å². The SMILES string of the molecule is [C-]#[N+]C(C#N)=C1Sc2c(OC(=O)C3CCC(CCCC)CC3)c3c(c(OC(=O)C4CCC(CCCC)CC4)c2S1)C1c2ccccc2C12c1ccccc1C32. The van der Waals surface area contributed by atoms with Gasteiger partial charge in [0.2, 0.25) is 0 Å². The molecule has 55 heavy (non-hydrogen) atoms. The Kier molecular flexibility index (Phi) is 9.88. The number of nitriles is 1. The standard InChI is InChI=1S/C47H48N2O4S2/c1-4-6-12-27-18-22-29(23-19-27)44(50)52-40-36-37(39-32-15-9-11-17-34(32)47(39)33-16-10-8-14-31(33)38(36)47)41(43-42(40)54-46(55-43)35(26-48)49-3)53-45(51)30-24-20-28(21-25-30)13-7-5-2/h8-11,14-17,27-30,38-39H,4-7,12-13,18-25H2,1-2H3. The third-order valence-corrected chi connectivity index (χ3v) is 16.4. The van der Waals surface area contributed by atoms with Crippen molar-refractivity contribution in [1.29, 1.82) is 5.26 Å². The molecule has 0 bridgehead atoms. The van der Waals surface area contributed by atoms with Crippen LogP contribution in [0.2, 0.25) is 0 Å². The van der Waals surface area contributed by atoms with Crippen molar-refractivity contribution < 1.29 is 19.1 Å². The first-order valence-corrected chi connectivity index (χ1v) is 22.3. The highest BCUT2D eigenvalue weighted by Crippen LogP contribution is 2.81. The van der Waals surface area contributed by atoms with Gasteiger partial charge in [0.05, 0.1) is 38.5 Å². The van der Waals surface area contributed by atoms with Gasteiger partial charge < -0.3 is 9.47 Å². The topological polar surface area (TPSA) is 80.8 Å². The monoisotopic (exact) mass is 768 g/mol. The lowest BCUT2D eigenvalue weighted by molar-refractivity contribution is -0.141. The minimum absolute atomic E-state index is 0.00552. The first-order valence-electron chi connectivity index (χ1n) is 20.7. The third-order valence-electron chi connectivity index (χ3n) is 13.8. The summed E-state index contributed by atoms with van der Waals surface area (Å²) < 4.78 is 14.1. The number of rotatable bonds is 10. The number of carbonyl (C=O) groups excluding carboxylic acids is 2. The quantitative estimate of drug-likeness (QED) is 0.0879. The van der Waals surface area contributed by atoms with Crippen molar-refractivity contribution in [2.75, 3.05) is 0 Å². The number of fused-ring (bicyclic) bond motifs is 8. The molecule has 5 aliphatic carbocycles. The first kappa shape index (κ1) is 36.6. The number of esters is 2. The molecule has 2 saturated carbocycles. The number of unbranched alkanes of at least 4 members (excludes halogenated alkanes) is 2. The maximum atomic E-state index is 14.4. The van der Waals surface area contributed by atoms with Crippen LogP contribution >= 0.6 is 23.5 Å². The lowest BCUT2D eigenvalue weighted by Crippen LogP contribution is -2.52. The molecule has 6 nitrogen and oxygen atoms in total. The number of allylic oxidation sites excluding steroid dienone is 1. The molecular formula is C47H48N2O4S2. The molecule has 2 unspecified atom stereocenters. The van der Waals surface area contributed by atoms with Crippen LogP contribution in [0.1, 0.15) is 149 Å². The van der Waals surface area contributed by atoms with Crippen molar-refractivity contribution in [3.63, 3.8) is 0 Å². The van der Waals surface area contributed by atoms with E-state index < -0.39 is 0 Å². The highest BCUT2D eigenvalue weighted by atomic mass is 32.2. The van der Waals surface area contributed by atoms with E-state index in [2.05, 4.69) is 73.3 Å². The van der Waals surface area contributed by atoms with Gasteiger partial charge in [-0.25, -0.2) is 10.1 Å². The van der Waals surface area contributed by atoms with Gasteiger partial charge in [-0.2, -0.15) is 0 Å². The van der Waals surface area contributed by atoms with E-state index in [9.17, 15) is 14.9 Å². The van der Waals surface area contributed by atoms with Crippen molar-refractivity contribution in [3.05, 3.63) is 103 Å². The Morgan fingerprint density at radius 3 is 1.58 bits per heavy atom. The summed E-state index contributed by atoms with van der Waals surface area (Å²) in [6.07, 6.45) is 14.7. The molecule has 282 valence electrons. The molecule has 0 N–H and O–H groups in total. The van der Waals surface area contributed by atoms with Gasteiger partial charge in [0.1, 0.15) is 11.5 Å². The van der Waals surface area contributed by atoms with Gasteiger partial charge in [-0.15, -0.1) is 0 Å². The molecular weight excluding hydrogens is 721 g/mol. The van der Waals surface area contributed by atoms with Crippen molar-refractivity contribution in [3.8, 4) is 17.6 Å². The smallest absolute Gasteiger partial charge is 0.314 e. The summed E-state index contributed by atoms with van der Waals surface area (Å²) in [5, 5.41) is 10.0. The summed E-state index contributed by atoms with van der Waals surface area (Å²) in [5.74, 6) is 1.47. The van der Waals surface area contributed by atoms with Crippen LogP contribution in [0, 0.1) is 41.6 Å². The zero-order valence-electron chi connectivity index (χ0n) is 31.8. The molecule has 6 aliphatic rings. The molecule has 1 heterocycles. The number of hydrogen-bond donors (Lipinski definition) is 0. The summed E-state index contributed by atoms with van der Waals surface area (Å²) in [6.45, 7) is 12.3. The Hall–Kier alpha value is -3.98. The number of nitrogens with zero attached hydrogens (tertiary/aromatic N) is 2. The fourth-order valence-corrected chi connectivity index (χ4v) is 13.6. The van der Waals surface area contributed by atoms with E-state index in [-0.39, 0.29) is 46.7 Å². The van der Waals surface area contributed by atoms with Gasteiger partial charge in [-0.1, -0.05) is 124 Å². The van der Waals surface area contributed by atoms with Gasteiger partial charge >= 0.3 is 11.9 Å². The van der Waals surface area contributed by atoms with Crippen molar-refractivity contribution in [2.24, 2.45) is 23.7 Å². The largest absolute Gasteiger partial charge is 0.425 e. The van der Waals surface area contributed by atoms with E-state index in [0.717, 1.165) is 62.5 Å². The van der Waals surface area contributed by atoms with Crippen LogP contribution in [0.3, 0.4) is 0 Å². The highest BCUT2D eigenvalue weighted by Gasteiger charge is 2.71. The second-order valence-electron chi connectivity index (χ2n) is 16.7. The number of hydrogen-bond acceptors (Lipinski definition) is 7. The first-order chi connectivity index (χ1) is 26.9. The number of carbonyl (C=O) groups is 2. The predicted octanol–water partition coefficient (Wildman–Crippen LogP) is 12.2. The minimum Gasteiger partial charge on any atom is -0.425 e. The molecule has 2 atom stereocenters. The van der Waals surface area contributed by atoms with E-state index >= 15 is 0 Å². The lowest BCUT2D eigenvalue weighted by atomic mass is 9.43. The van der Waals surface area contributed by atoms with Gasteiger partial charge in [-0.3, -0.25) is 9.59 Å². The summed E-state index contributed by atoms with van der Waals surface area (Å²) in [5.41, 5.74) is 6.51. The van der Waals surface area contributed by atoms with Crippen molar-refractivity contribution >= 4 is 35.5 Å². The molecule has 0 amide bonds. The molecule has 3 aromatic rings. The second-order valence-corrected chi connectivity index (χ2v) is 19.0. The van der Waals surface area contributed by atoms with Crippen LogP contribution in [0.25, 0.3) is 4.85 Å². The molecule has 0 radical (unpaired) electrons. The maximum absolute atomic E-state index is 14.4. The summed E-state index contributed by atoms with van der Waals surface area (Å²) in [6, 6.07) is 19.3. The average Bonchev–Trinajstić information content (AvgIpc) is 3.74. The van der Waals surface area contributed by atoms with Crippen LogP contribution in [0.15, 0.2) is 68.3 Å². The second kappa shape index (κ2) is 14.8. The van der Waals surface area contributed by atoms with Gasteiger partial charge in [-0.05, 0) is 85.5 Å². The molecule has 2 fully saturated rings. The number of benzene rings is 3. The van der Waals surface area contributed by atoms with E-state index in [1.807, 2.05) is 0 Å². The third kappa shape index (κ3) is 5.72. The van der Waals surface area contributed by atoms with E-state index in [0.29, 0.717) is 37.4 Å². The Morgan fingerprint density at radius 2 is 1.18 bits per heavy atom. The zero-order chi connectivity index (χ0) is 37.8. The predicted molar refractivity (Wildman–Crippen MR) is 216 cm³/mol. The number of ether oxygens (including phenoxy) is 2. The summed E-state index contributed by atoms with van der Waals surface area (Å²) in [4.78, 5) is 33.7. The van der Waals surface area contributed by atoms with Crippen LogP contribution in [0.5, 0.6) is 11.5 Å². The van der Waals surface area contributed by atoms with Crippen molar-refractivity contribution in [2.45, 2.75) is 131 Å². The van der Waals surface area contributed by atoms with Crippen molar-refractivity contribution in [1.82, 2.24) is 0 Å². The van der Waals surface area contributed by atoms with E-state index in [1.54, 1.807) is 0 Å². The molecule has 9 rings (SSSR count). The number of thioether (sulfide) groups is 2. The average molecular weight is 769 g/mol. The lowest BCUT2D eigenvalue weighted by Gasteiger charge is -2.58. The van der Waals surface area contributed by atoms with Crippen LogP contribution < -0.4 is 9.47 Å². The maximum Gasteiger partial charge on any atom is 0.314 e. The Balaban J connectivity index is 1.17. The Bertz CT molecular complexity index is 2030. The summed E-state index contributed by atoms with van der Waals surface area (Å²) in [7, 11) is 0. The Morgan fingerprint density at radius 1 is 0.745 bits per heavy atom. The molecule has 1 spiro atoms. The molecule has 8 heteroatoms. The van der Waals surface area contributed by atoms with Gasteiger partial charge in [0.15, 0.2) is 0 Å². The molecule has 0 aromatic heterocycles. The summed E-state index contributed by atoms with van der Waals surface area (Å²) >= 11 is 2.64. The van der Waals surface area contributed by atoms with Crippen LogP contribution in [-0.2, 0) is 15.0 Å². The molecule has 3 aromatic carbocycles. The highest BCUT2D eigenvalue weighted by molar-refractivity contribution is 8.24. The fourth-order valence-electron chi connectivity index (χ4n) is 11.1. The van der Waals surface area contributed by atoms with E-state index in [4.69, 9.17) is 16.0 Å². The fraction of sp³-hybridized carbons (Fsp3) is 0.489. The van der Waals surface area contributed by atoms with Crippen LogP contribution in [0.4, 0.5) is 0 Å². The Labute approximate surface area is 333 Å². The van der Waals surface area contributed by atoms with Gasteiger partial charge in [0, 0.05) is 28.4 Å². The zero-order valence-corrected chi connectivity index (χ0v) is 33.5. The van der Waals surface area contributed by atoms with E-state index in [1.165, 1.54) is 84.3 Å². The normalized spacial score (nSPS) is 27.7. The molecule has 1 aliphatic heterocycles. The minimum atomic E-state index is -0.343. The molecule has 0 saturated heterocycles. The van der Waals surface area contributed by atoms with Gasteiger partial charge in [0.25, 0.3) is 5.70 Å².